The molecule has 0 spiro atoms. The first-order chi connectivity index (χ1) is 16.9. The van der Waals surface area contributed by atoms with Crippen LogP contribution < -0.4 is 0 Å². The van der Waals surface area contributed by atoms with Gasteiger partial charge in [-0.05, 0) is 43.5 Å². The molecule has 12 heteroatoms. The number of pyridine rings is 2. The zero-order chi connectivity index (χ0) is 26.6. The Morgan fingerprint density at radius 1 is 1.17 bits per heavy atom. The van der Waals surface area contributed by atoms with Crippen LogP contribution in [-0.4, -0.2) is 72.8 Å². The average Bonchev–Trinajstić information content (AvgIpc) is 3.39. The van der Waals surface area contributed by atoms with E-state index in [0.717, 1.165) is 34.0 Å². The Bertz CT molecular complexity index is 1220. The Labute approximate surface area is 205 Å². The maximum absolute atomic E-state index is 12.9. The lowest BCUT2D eigenvalue weighted by Gasteiger charge is -2.16. The molecular weight excluding hydrogens is 479 g/mol. The molecule has 1 amide bonds. The van der Waals surface area contributed by atoms with Gasteiger partial charge in [0.05, 0.1) is 11.3 Å². The molecule has 2 atom stereocenters. The summed E-state index contributed by atoms with van der Waals surface area (Å²) < 4.78 is 31.7. The van der Waals surface area contributed by atoms with Crippen LogP contribution in [0.5, 0.6) is 0 Å². The van der Waals surface area contributed by atoms with Crippen molar-refractivity contribution in [1.29, 1.82) is 0 Å². The molecular formula is C24H26F3N5O4. The highest BCUT2D eigenvalue weighted by atomic mass is 19.4. The molecule has 1 saturated heterocycles. The second kappa shape index (κ2) is 10.9. The molecule has 9 nitrogen and oxygen atoms in total. The van der Waals surface area contributed by atoms with E-state index in [1.165, 1.54) is 0 Å². The van der Waals surface area contributed by atoms with Gasteiger partial charge in [0.25, 0.3) is 5.91 Å². The molecule has 36 heavy (non-hydrogen) atoms. The van der Waals surface area contributed by atoms with Crippen molar-refractivity contribution in [2.24, 2.45) is 11.8 Å². The number of hydrogen-bond acceptors (Lipinski definition) is 6. The number of carboxylic acids is 1. The molecule has 3 aromatic rings. The number of carbonyl (C=O) groups excluding carboxylic acids is 1. The van der Waals surface area contributed by atoms with Gasteiger partial charge in [-0.15, -0.1) is 0 Å². The van der Waals surface area contributed by atoms with Gasteiger partial charge in [0.2, 0.25) is 0 Å². The summed E-state index contributed by atoms with van der Waals surface area (Å²) in [6, 6.07) is 5.71. The van der Waals surface area contributed by atoms with Crippen LogP contribution in [0.4, 0.5) is 13.2 Å². The summed E-state index contributed by atoms with van der Waals surface area (Å²) >= 11 is 0. The largest absolute Gasteiger partial charge is 0.490 e. The number of alkyl halides is 3. The van der Waals surface area contributed by atoms with E-state index >= 15 is 0 Å². The van der Waals surface area contributed by atoms with Crippen molar-refractivity contribution in [3.63, 3.8) is 0 Å². The number of H-pyrrole nitrogens is 1. The number of aliphatic carboxylic acids is 1. The first-order valence-electron chi connectivity index (χ1n) is 11.1. The number of nitrogens with one attached hydrogen (secondary N) is 1. The molecule has 0 bridgehead atoms. The fraction of sp³-hybridized carbons (Fsp3) is 0.375. The lowest BCUT2D eigenvalue weighted by molar-refractivity contribution is -0.192. The first kappa shape index (κ1) is 26.8. The summed E-state index contributed by atoms with van der Waals surface area (Å²) in [6.45, 7) is 7.35. The van der Waals surface area contributed by atoms with Gasteiger partial charge in [0, 0.05) is 55.5 Å². The number of amides is 1. The number of aliphatic hydroxyl groups is 1. The molecule has 1 aliphatic rings. The highest BCUT2D eigenvalue weighted by Gasteiger charge is 2.38. The molecule has 4 heterocycles. The van der Waals surface area contributed by atoms with Gasteiger partial charge in [0.15, 0.2) is 5.82 Å². The topological polar surface area (TPSA) is 132 Å². The van der Waals surface area contributed by atoms with Gasteiger partial charge < -0.3 is 20.1 Å². The van der Waals surface area contributed by atoms with Crippen LogP contribution in [0, 0.1) is 25.7 Å². The maximum atomic E-state index is 12.9. The number of carboxylic acid groups (broad SMARTS) is 1. The minimum atomic E-state index is -5.08. The number of aryl methyl sites for hydroxylation is 2. The number of aliphatic hydroxyl groups excluding tert-OH is 1. The van der Waals surface area contributed by atoms with Crippen molar-refractivity contribution >= 4 is 11.9 Å². The summed E-state index contributed by atoms with van der Waals surface area (Å²) in [6.07, 6.45) is 0.00211. The second-order valence-corrected chi connectivity index (χ2v) is 8.62. The van der Waals surface area contributed by atoms with Gasteiger partial charge in [-0.3, -0.25) is 14.8 Å². The zero-order valence-corrected chi connectivity index (χ0v) is 19.9. The third-order valence-corrected chi connectivity index (χ3v) is 5.98. The van der Waals surface area contributed by atoms with Crippen LogP contribution >= 0.6 is 0 Å². The average molecular weight is 505 g/mol. The van der Waals surface area contributed by atoms with E-state index in [0.29, 0.717) is 24.6 Å². The highest BCUT2D eigenvalue weighted by Crippen LogP contribution is 2.27. The van der Waals surface area contributed by atoms with E-state index < -0.39 is 12.1 Å². The van der Waals surface area contributed by atoms with Crippen molar-refractivity contribution in [1.82, 2.24) is 24.8 Å². The Hall–Kier alpha value is -3.80. The predicted molar refractivity (Wildman–Crippen MR) is 124 cm³/mol. The summed E-state index contributed by atoms with van der Waals surface area (Å²) in [4.78, 5) is 40.1. The minimum absolute atomic E-state index is 0.0475. The number of nitrogens with zero attached hydrogens (tertiary/aromatic N) is 4. The molecule has 0 saturated carbocycles. The Morgan fingerprint density at radius 3 is 2.42 bits per heavy atom. The monoisotopic (exact) mass is 505 g/mol. The lowest BCUT2D eigenvalue weighted by atomic mass is 10.00. The smallest absolute Gasteiger partial charge is 0.475 e. The van der Waals surface area contributed by atoms with Crippen molar-refractivity contribution in [2.45, 2.75) is 26.9 Å². The van der Waals surface area contributed by atoms with E-state index in [4.69, 9.17) is 9.90 Å². The first-order valence-corrected chi connectivity index (χ1v) is 11.1. The Morgan fingerprint density at radius 2 is 1.86 bits per heavy atom. The van der Waals surface area contributed by atoms with E-state index in [1.54, 1.807) is 23.5 Å². The highest BCUT2D eigenvalue weighted by molar-refractivity contribution is 5.95. The Kier molecular flexibility index (Phi) is 8.08. The number of imidazole rings is 1. The normalized spacial score (nSPS) is 17.5. The fourth-order valence-corrected chi connectivity index (χ4v) is 3.74. The Balaban J connectivity index is 0.000000454. The van der Waals surface area contributed by atoms with Crippen LogP contribution in [0.1, 0.15) is 28.7 Å². The van der Waals surface area contributed by atoms with Crippen LogP contribution in [0.3, 0.4) is 0 Å². The standard InChI is InChI=1S/C22H25N5O2.C2HF3O2/c1-13-10-27(11-19(13)12-28)22(29)18-6-17(8-23-9-18)16-4-5-24-20(7-16)21-25-14(2)15(3)26-21;3-2(4,5)1(6)7/h4-9,13,19,28H,10-12H2,1-3H3,(H,25,26);(H,6,7)/t13-,19+;/m0./s1. The van der Waals surface area contributed by atoms with E-state index in [1.807, 2.05) is 32.0 Å². The molecule has 3 N–H and O–H groups in total. The van der Waals surface area contributed by atoms with Gasteiger partial charge >= 0.3 is 12.1 Å². The molecule has 1 aliphatic heterocycles. The van der Waals surface area contributed by atoms with E-state index in [-0.39, 0.29) is 18.4 Å². The number of hydrogen-bond donors (Lipinski definition) is 3. The SMILES string of the molecule is Cc1nc(-c2cc(-c3cncc(C(=O)N4C[C@H](CO)[C@@H](C)C4)c3)ccn2)[nH]c1C.O=C(O)C(F)(F)F. The molecule has 0 radical (unpaired) electrons. The molecule has 0 aromatic carbocycles. The minimum Gasteiger partial charge on any atom is -0.475 e. The van der Waals surface area contributed by atoms with Gasteiger partial charge in [-0.2, -0.15) is 13.2 Å². The van der Waals surface area contributed by atoms with Crippen molar-refractivity contribution < 1.29 is 33.0 Å². The molecule has 4 rings (SSSR count). The van der Waals surface area contributed by atoms with Crippen LogP contribution in [0.15, 0.2) is 36.8 Å². The summed E-state index contributed by atoms with van der Waals surface area (Å²) in [5, 5.41) is 16.6. The third-order valence-electron chi connectivity index (χ3n) is 5.98. The van der Waals surface area contributed by atoms with E-state index in [9.17, 15) is 23.1 Å². The quantitative estimate of drug-likeness (QED) is 0.495. The van der Waals surface area contributed by atoms with Crippen molar-refractivity contribution in [3.05, 3.63) is 53.7 Å². The number of carbonyl (C=O) groups is 2. The van der Waals surface area contributed by atoms with Gasteiger partial charge in [0.1, 0.15) is 5.69 Å². The summed E-state index contributed by atoms with van der Waals surface area (Å²) in [5.41, 5.74) is 5.04. The van der Waals surface area contributed by atoms with Gasteiger partial charge in [-0.1, -0.05) is 6.92 Å². The molecule has 192 valence electrons. The number of aromatic nitrogens is 4. The lowest BCUT2D eigenvalue weighted by Crippen LogP contribution is -2.29. The van der Waals surface area contributed by atoms with Crippen LogP contribution in [0.25, 0.3) is 22.6 Å². The number of halogens is 3. The van der Waals surface area contributed by atoms with Crippen molar-refractivity contribution in [3.8, 4) is 22.6 Å². The molecule has 0 unspecified atom stereocenters. The molecule has 3 aromatic heterocycles. The number of rotatable bonds is 4. The van der Waals surface area contributed by atoms with Gasteiger partial charge in [-0.25, -0.2) is 9.78 Å². The predicted octanol–water partition coefficient (Wildman–Crippen LogP) is 3.48. The van der Waals surface area contributed by atoms with Crippen molar-refractivity contribution in [2.75, 3.05) is 19.7 Å². The number of likely N-dealkylation sites (tertiary alicyclic amines) is 1. The summed E-state index contributed by atoms with van der Waals surface area (Å²) in [7, 11) is 0. The van der Waals surface area contributed by atoms with Crippen LogP contribution in [-0.2, 0) is 4.79 Å². The fourth-order valence-electron chi connectivity index (χ4n) is 3.74. The molecule has 0 aliphatic carbocycles. The number of aromatic amines is 1. The maximum Gasteiger partial charge on any atom is 0.490 e. The molecule has 1 fully saturated rings. The zero-order valence-electron chi connectivity index (χ0n) is 19.9. The van der Waals surface area contributed by atoms with Crippen LogP contribution in [0.2, 0.25) is 0 Å². The second-order valence-electron chi connectivity index (χ2n) is 8.62. The van der Waals surface area contributed by atoms with E-state index in [2.05, 4.69) is 26.9 Å². The summed E-state index contributed by atoms with van der Waals surface area (Å²) in [5.74, 6) is -1.65. The third kappa shape index (κ3) is 6.25.